The highest BCUT2D eigenvalue weighted by Crippen LogP contribution is 2.39. The summed E-state index contributed by atoms with van der Waals surface area (Å²) in [5.74, 6) is -2.73. The van der Waals surface area contributed by atoms with Gasteiger partial charge in [-0.3, -0.25) is 9.59 Å². The molecule has 35 heavy (non-hydrogen) atoms. The summed E-state index contributed by atoms with van der Waals surface area (Å²) < 4.78 is 29.1. The Morgan fingerprint density at radius 3 is 2.74 bits per heavy atom. The number of hydrogen-bond donors (Lipinski definition) is 2. The van der Waals surface area contributed by atoms with Gasteiger partial charge >= 0.3 is 5.97 Å². The van der Waals surface area contributed by atoms with Crippen molar-refractivity contribution < 1.29 is 23.5 Å². The quantitative estimate of drug-likeness (QED) is 0.448. The molecule has 4 rings (SSSR count). The minimum Gasteiger partial charge on any atom is -0.481 e. The summed E-state index contributed by atoms with van der Waals surface area (Å²) in [5.41, 5.74) is -1.50. The monoisotopic (exact) mass is 520 g/mol. The first kappa shape index (κ1) is 25.0. The van der Waals surface area contributed by atoms with E-state index in [2.05, 4.69) is 15.3 Å². The molecule has 1 aliphatic rings. The summed E-state index contributed by atoms with van der Waals surface area (Å²) >= 11 is 7.23. The van der Waals surface area contributed by atoms with E-state index in [0.717, 1.165) is 4.88 Å². The molecule has 2 N–H and O–H groups in total. The highest BCUT2D eigenvalue weighted by atomic mass is 35.5. The van der Waals surface area contributed by atoms with Crippen LogP contribution in [0.3, 0.4) is 0 Å². The number of rotatable bonds is 6. The molecule has 1 amide bonds. The zero-order chi connectivity index (χ0) is 25.3. The lowest BCUT2D eigenvalue weighted by Crippen LogP contribution is -2.52. The fourth-order valence-electron chi connectivity index (χ4n) is 4.41. The van der Waals surface area contributed by atoms with Crippen molar-refractivity contribution in [1.29, 1.82) is 0 Å². The predicted octanol–water partition coefficient (Wildman–Crippen LogP) is 5.46. The van der Waals surface area contributed by atoms with Crippen LogP contribution in [-0.4, -0.2) is 44.4 Å². The van der Waals surface area contributed by atoms with Crippen LogP contribution >= 0.6 is 22.9 Å². The lowest BCUT2D eigenvalue weighted by Gasteiger charge is -2.43. The number of carboxylic acids is 1. The summed E-state index contributed by atoms with van der Waals surface area (Å²) in [5, 5.41) is 13.6. The topological polar surface area (TPSA) is 95.4 Å². The molecule has 3 heterocycles. The molecule has 1 aliphatic heterocycles. The van der Waals surface area contributed by atoms with Crippen molar-refractivity contribution in [2.45, 2.75) is 39.2 Å². The van der Waals surface area contributed by atoms with E-state index in [1.165, 1.54) is 46.6 Å². The second kappa shape index (κ2) is 9.87. The van der Waals surface area contributed by atoms with E-state index in [0.29, 0.717) is 10.9 Å². The third-order valence-corrected chi connectivity index (χ3v) is 7.35. The maximum atomic E-state index is 14.7. The molecule has 1 aromatic carbocycles. The highest BCUT2D eigenvalue weighted by molar-refractivity contribution is 7.15. The number of aryl methyl sites for hydroxylation is 1. The Labute approximate surface area is 209 Å². The number of aliphatic carboxylic acids is 1. The summed E-state index contributed by atoms with van der Waals surface area (Å²) in [7, 11) is 0. The van der Waals surface area contributed by atoms with Gasteiger partial charge in [-0.1, -0.05) is 17.7 Å². The molecule has 0 aliphatic carbocycles. The zero-order valence-corrected chi connectivity index (χ0v) is 20.6. The Kier molecular flexibility index (Phi) is 7.05. The predicted molar refractivity (Wildman–Crippen MR) is 129 cm³/mol. The van der Waals surface area contributed by atoms with Crippen LogP contribution in [0.5, 0.6) is 0 Å². The maximum absolute atomic E-state index is 14.7. The molecular weight excluding hydrogens is 498 g/mol. The van der Waals surface area contributed by atoms with Crippen LogP contribution in [0.1, 0.15) is 40.7 Å². The lowest BCUT2D eigenvalue weighted by molar-refractivity contribution is -0.153. The number of piperidine rings is 1. The Balaban J connectivity index is 1.55. The number of pyridine rings is 1. The molecule has 7 nitrogen and oxygen atoms in total. The van der Waals surface area contributed by atoms with Gasteiger partial charge in [0, 0.05) is 30.1 Å². The van der Waals surface area contributed by atoms with Crippen LogP contribution in [-0.2, 0) is 11.2 Å². The minimum absolute atomic E-state index is 0.0125. The van der Waals surface area contributed by atoms with Crippen molar-refractivity contribution in [2.75, 3.05) is 11.9 Å². The van der Waals surface area contributed by atoms with Gasteiger partial charge in [0.25, 0.3) is 5.91 Å². The van der Waals surface area contributed by atoms with Crippen LogP contribution in [0.15, 0.2) is 36.5 Å². The standard InChI is InChI=1S/C24H23ClF2N4O3S/c1-13-10-24(22(33)34,8-9-31(13)21(32)15-4-3-5-16(25)20(15)27)11-18-17(26)6-7-19(29-18)30-23-28-12-14(2)35-23/h3-7,12-13H,8-11H2,1-2H3,(H,33,34)(H,28,29,30). The molecule has 1 saturated heterocycles. The van der Waals surface area contributed by atoms with Gasteiger partial charge in [0.15, 0.2) is 10.9 Å². The van der Waals surface area contributed by atoms with Gasteiger partial charge in [-0.2, -0.15) is 0 Å². The van der Waals surface area contributed by atoms with Gasteiger partial charge in [-0.25, -0.2) is 18.7 Å². The number of halogens is 3. The fraction of sp³-hybridized carbons (Fsp3) is 0.333. The van der Waals surface area contributed by atoms with Gasteiger partial charge in [0.05, 0.1) is 21.7 Å². The first-order chi connectivity index (χ1) is 16.6. The zero-order valence-electron chi connectivity index (χ0n) is 19.0. The Morgan fingerprint density at radius 1 is 1.31 bits per heavy atom. The number of amides is 1. The maximum Gasteiger partial charge on any atom is 0.310 e. The number of nitrogens with zero attached hydrogens (tertiary/aromatic N) is 3. The molecule has 11 heteroatoms. The van der Waals surface area contributed by atoms with E-state index < -0.39 is 35.0 Å². The van der Waals surface area contributed by atoms with Crippen LogP contribution in [0.2, 0.25) is 5.02 Å². The number of thiazole rings is 1. The third-order valence-electron chi connectivity index (χ3n) is 6.23. The van der Waals surface area contributed by atoms with Crippen molar-refractivity contribution in [3.05, 3.63) is 69.3 Å². The molecular formula is C24H23ClF2N4O3S. The van der Waals surface area contributed by atoms with Crippen molar-refractivity contribution >= 4 is 45.8 Å². The summed E-state index contributed by atoms with van der Waals surface area (Å²) in [6.45, 7) is 3.67. The van der Waals surface area contributed by atoms with Crippen LogP contribution in [0.25, 0.3) is 0 Å². The number of aromatic nitrogens is 2. The first-order valence-electron chi connectivity index (χ1n) is 10.9. The van der Waals surface area contributed by atoms with Crippen molar-refractivity contribution in [2.24, 2.45) is 5.41 Å². The average molecular weight is 521 g/mol. The molecule has 0 spiro atoms. The van der Waals surface area contributed by atoms with Crippen LogP contribution in [0.4, 0.5) is 19.7 Å². The van der Waals surface area contributed by atoms with Gasteiger partial charge in [-0.05, 0) is 51.0 Å². The molecule has 3 aromatic rings. The summed E-state index contributed by atoms with van der Waals surface area (Å²) in [6.07, 6.45) is 1.66. The Hall–Kier alpha value is -3.11. The molecule has 2 atom stereocenters. The Morgan fingerprint density at radius 2 is 2.09 bits per heavy atom. The third kappa shape index (κ3) is 5.13. The molecule has 0 saturated carbocycles. The van der Waals surface area contributed by atoms with E-state index in [1.807, 2.05) is 6.92 Å². The molecule has 2 unspecified atom stereocenters. The molecule has 0 bridgehead atoms. The second-order valence-corrected chi connectivity index (χ2v) is 10.3. The fourth-order valence-corrected chi connectivity index (χ4v) is 5.25. The molecule has 1 fully saturated rings. The number of carboxylic acid groups (broad SMARTS) is 1. The lowest BCUT2D eigenvalue weighted by atomic mass is 9.72. The van der Waals surface area contributed by atoms with E-state index in [-0.39, 0.29) is 42.1 Å². The molecule has 2 aromatic heterocycles. The van der Waals surface area contributed by atoms with Gasteiger partial charge in [-0.15, -0.1) is 11.3 Å². The largest absolute Gasteiger partial charge is 0.481 e. The van der Waals surface area contributed by atoms with Crippen molar-refractivity contribution in [3.8, 4) is 0 Å². The van der Waals surface area contributed by atoms with Crippen molar-refractivity contribution in [3.63, 3.8) is 0 Å². The van der Waals surface area contributed by atoms with Gasteiger partial charge < -0.3 is 15.3 Å². The number of nitrogens with one attached hydrogen (secondary N) is 1. The first-order valence-corrected chi connectivity index (χ1v) is 12.1. The second-order valence-electron chi connectivity index (χ2n) is 8.69. The van der Waals surface area contributed by atoms with Gasteiger partial charge in [0.2, 0.25) is 0 Å². The average Bonchev–Trinajstić information content (AvgIpc) is 3.22. The number of carbonyl (C=O) groups is 2. The van der Waals surface area contributed by atoms with Crippen LogP contribution in [0, 0.1) is 24.0 Å². The number of anilines is 2. The number of hydrogen-bond acceptors (Lipinski definition) is 6. The Bertz CT molecular complexity index is 1290. The van der Waals surface area contributed by atoms with Crippen molar-refractivity contribution in [1.82, 2.24) is 14.9 Å². The normalized spacial score (nSPS) is 20.0. The number of likely N-dealkylation sites (tertiary alicyclic amines) is 1. The minimum atomic E-state index is -1.34. The number of carbonyl (C=O) groups excluding carboxylic acids is 1. The van der Waals surface area contributed by atoms with E-state index in [9.17, 15) is 23.5 Å². The van der Waals surface area contributed by atoms with E-state index >= 15 is 0 Å². The molecule has 0 radical (unpaired) electrons. The van der Waals surface area contributed by atoms with E-state index in [4.69, 9.17) is 11.6 Å². The summed E-state index contributed by atoms with van der Waals surface area (Å²) in [4.78, 5) is 36.3. The van der Waals surface area contributed by atoms with Gasteiger partial charge in [0.1, 0.15) is 11.6 Å². The smallest absolute Gasteiger partial charge is 0.310 e. The van der Waals surface area contributed by atoms with Crippen LogP contribution < -0.4 is 5.32 Å². The van der Waals surface area contributed by atoms with E-state index in [1.54, 1.807) is 13.1 Å². The molecule has 184 valence electrons. The summed E-state index contributed by atoms with van der Waals surface area (Å²) in [6, 6.07) is 6.35. The number of benzene rings is 1. The highest BCUT2D eigenvalue weighted by Gasteiger charge is 2.46. The SMILES string of the molecule is Cc1cnc(Nc2ccc(F)c(CC3(C(=O)O)CCN(C(=O)c4cccc(Cl)c4F)C(C)C3)n2)s1.